The summed E-state index contributed by atoms with van der Waals surface area (Å²) >= 11 is 0. The zero-order valence-electron chi connectivity index (χ0n) is 10.2. The second-order valence-electron chi connectivity index (χ2n) is 3.88. The Bertz CT molecular complexity index is 626. The average molecular weight is 286 g/mol. The molecule has 2 rings (SSSR count). The Kier molecular flexibility index (Phi) is 3.44. The zero-order chi connectivity index (χ0) is 14.9. The van der Waals surface area contributed by atoms with Crippen LogP contribution in [0.4, 0.5) is 13.2 Å². The third kappa shape index (κ3) is 2.61. The highest BCUT2D eigenvalue weighted by Crippen LogP contribution is 2.37. The molecule has 0 atom stereocenters. The molecule has 106 valence electrons. The van der Waals surface area contributed by atoms with Crippen LogP contribution in [0.5, 0.6) is 5.75 Å². The maximum atomic E-state index is 12.7. The lowest BCUT2D eigenvalue weighted by molar-refractivity contribution is -0.153. The number of hydrogen-bond acceptors (Lipinski definition) is 3. The number of carboxylic acid groups (broad SMARTS) is 1. The first-order valence-electron chi connectivity index (χ1n) is 5.41. The molecule has 0 aliphatic heterocycles. The Morgan fingerprint density at radius 3 is 2.25 bits per heavy atom. The maximum Gasteiger partial charge on any atom is 0.450 e. The van der Waals surface area contributed by atoms with Crippen LogP contribution in [0.25, 0.3) is 11.3 Å². The number of benzene rings is 1. The van der Waals surface area contributed by atoms with Crippen LogP contribution < -0.4 is 4.74 Å². The molecule has 2 aromatic rings. The molecule has 0 aliphatic carbocycles. The van der Waals surface area contributed by atoms with E-state index in [0.29, 0.717) is 11.3 Å². The van der Waals surface area contributed by atoms with Crippen LogP contribution in [-0.4, -0.2) is 18.2 Å². The van der Waals surface area contributed by atoms with Gasteiger partial charge in [0, 0.05) is 5.56 Å². The highest BCUT2D eigenvalue weighted by atomic mass is 19.4. The van der Waals surface area contributed by atoms with Crippen molar-refractivity contribution in [3.63, 3.8) is 0 Å². The van der Waals surface area contributed by atoms with Gasteiger partial charge in [-0.2, -0.15) is 13.2 Å². The maximum absolute atomic E-state index is 12.7. The standard InChI is InChI=1S/C13H9F3O4/c1-19-8-4-2-7(3-5-8)10-6-9(12(17)18)11(20-10)13(14,15)16/h2-6H,1H3,(H,17,18). The van der Waals surface area contributed by atoms with Gasteiger partial charge in [0.05, 0.1) is 7.11 Å². The van der Waals surface area contributed by atoms with E-state index in [-0.39, 0.29) is 5.76 Å². The summed E-state index contributed by atoms with van der Waals surface area (Å²) in [5.41, 5.74) is -0.591. The van der Waals surface area contributed by atoms with Crippen molar-refractivity contribution in [1.29, 1.82) is 0 Å². The summed E-state index contributed by atoms with van der Waals surface area (Å²) in [6, 6.07) is 6.87. The Morgan fingerprint density at radius 1 is 1.25 bits per heavy atom. The van der Waals surface area contributed by atoms with Crippen molar-refractivity contribution in [2.45, 2.75) is 6.18 Å². The molecule has 0 bridgehead atoms. The first kappa shape index (κ1) is 14.0. The third-order valence-electron chi connectivity index (χ3n) is 2.59. The summed E-state index contributed by atoms with van der Waals surface area (Å²) < 4.78 is 47.6. The van der Waals surface area contributed by atoms with Gasteiger partial charge in [-0.25, -0.2) is 4.79 Å². The number of carbonyl (C=O) groups is 1. The fourth-order valence-corrected chi connectivity index (χ4v) is 1.66. The largest absolute Gasteiger partial charge is 0.497 e. The molecule has 0 unspecified atom stereocenters. The molecule has 20 heavy (non-hydrogen) atoms. The monoisotopic (exact) mass is 286 g/mol. The number of ether oxygens (including phenoxy) is 1. The van der Waals surface area contributed by atoms with Crippen LogP contribution in [0.15, 0.2) is 34.7 Å². The van der Waals surface area contributed by atoms with E-state index in [1.165, 1.54) is 31.4 Å². The molecule has 1 aromatic carbocycles. The van der Waals surface area contributed by atoms with Gasteiger partial charge in [0.15, 0.2) is 0 Å². The lowest BCUT2D eigenvalue weighted by atomic mass is 10.1. The van der Waals surface area contributed by atoms with Crippen LogP contribution in [0, 0.1) is 0 Å². The van der Waals surface area contributed by atoms with Gasteiger partial charge in [0.1, 0.15) is 17.1 Å². The van der Waals surface area contributed by atoms with Crippen LogP contribution in [0.3, 0.4) is 0 Å². The lowest BCUT2D eigenvalue weighted by Crippen LogP contribution is -2.09. The fourth-order valence-electron chi connectivity index (χ4n) is 1.66. The lowest BCUT2D eigenvalue weighted by Gasteiger charge is -2.03. The second kappa shape index (κ2) is 4.92. The molecule has 1 aromatic heterocycles. The van der Waals surface area contributed by atoms with E-state index in [1.807, 2.05) is 0 Å². The topological polar surface area (TPSA) is 59.7 Å². The molecule has 0 amide bonds. The molecular formula is C13H9F3O4. The van der Waals surface area contributed by atoms with E-state index < -0.39 is 23.5 Å². The predicted molar refractivity (Wildman–Crippen MR) is 62.7 cm³/mol. The normalized spacial score (nSPS) is 11.4. The molecule has 0 saturated carbocycles. The van der Waals surface area contributed by atoms with E-state index in [9.17, 15) is 18.0 Å². The van der Waals surface area contributed by atoms with Gasteiger partial charge >= 0.3 is 12.1 Å². The Labute approximate surface area is 111 Å². The van der Waals surface area contributed by atoms with Gasteiger partial charge in [-0.3, -0.25) is 0 Å². The van der Waals surface area contributed by atoms with Crippen molar-refractivity contribution in [3.8, 4) is 17.1 Å². The van der Waals surface area contributed by atoms with Gasteiger partial charge in [-0.1, -0.05) is 0 Å². The smallest absolute Gasteiger partial charge is 0.450 e. The number of alkyl halides is 3. The summed E-state index contributed by atoms with van der Waals surface area (Å²) in [4.78, 5) is 10.8. The van der Waals surface area contributed by atoms with E-state index >= 15 is 0 Å². The number of aromatic carboxylic acids is 1. The van der Waals surface area contributed by atoms with Gasteiger partial charge < -0.3 is 14.3 Å². The molecule has 4 nitrogen and oxygen atoms in total. The summed E-state index contributed by atoms with van der Waals surface area (Å²) in [6.07, 6.45) is -4.86. The minimum Gasteiger partial charge on any atom is -0.497 e. The number of rotatable bonds is 3. The molecule has 0 radical (unpaired) electrons. The van der Waals surface area contributed by atoms with Crippen molar-refractivity contribution in [1.82, 2.24) is 0 Å². The van der Waals surface area contributed by atoms with Gasteiger partial charge in [-0.15, -0.1) is 0 Å². The van der Waals surface area contributed by atoms with Crippen molar-refractivity contribution in [2.75, 3.05) is 7.11 Å². The zero-order valence-corrected chi connectivity index (χ0v) is 10.2. The Morgan fingerprint density at radius 2 is 1.85 bits per heavy atom. The SMILES string of the molecule is COc1ccc(-c2cc(C(=O)O)c(C(F)(F)F)o2)cc1. The highest BCUT2D eigenvalue weighted by Gasteiger charge is 2.40. The highest BCUT2D eigenvalue weighted by molar-refractivity contribution is 5.90. The van der Waals surface area contributed by atoms with Gasteiger partial charge in [0.2, 0.25) is 5.76 Å². The van der Waals surface area contributed by atoms with Crippen LogP contribution >= 0.6 is 0 Å². The number of carboxylic acids is 1. The molecule has 0 fully saturated rings. The van der Waals surface area contributed by atoms with Crippen LogP contribution in [0.1, 0.15) is 16.1 Å². The summed E-state index contributed by atoms with van der Waals surface area (Å²) in [6.45, 7) is 0. The summed E-state index contributed by atoms with van der Waals surface area (Å²) in [7, 11) is 1.45. The molecule has 0 spiro atoms. The minimum atomic E-state index is -4.86. The quantitative estimate of drug-likeness (QED) is 0.935. The van der Waals surface area contributed by atoms with E-state index in [2.05, 4.69) is 4.42 Å². The van der Waals surface area contributed by atoms with E-state index in [0.717, 1.165) is 6.07 Å². The molecule has 1 heterocycles. The molecule has 7 heteroatoms. The first-order chi connectivity index (χ1) is 9.32. The van der Waals surface area contributed by atoms with Crippen molar-refractivity contribution in [2.24, 2.45) is 0 Å². The molecule has 0 aliphatic rings. The fraction of sp³-hybridized carbons (Fsp3) is 0.154. The molecular weight excluding hydrogens is 277 g/mol. The summed E-state index contributed by atoms with van der Waals surface area (Å²) in [5, 5.41) is 8.79. The average Bonchev–Trinajstić information content (AvgIpc) is 2.84. The van der Waals surface area contributed by atoms with Gasteiger partial charge in [0.25, 0.3) is 0 Å². The number of furan rings is 1. The Balaban J connectivity index is 2.50. The van der Waals surface area contributed by atoms with Crippen molar-refractivity contribution >= 4 is 5.97 Å². The predicted octanol–water partition coefficient (Wildman–Crippen LogP) is 3.67. The van der Waals surface area contributed by atoms with E-state index in [1.54, 1.807) is 0 Å². The van der Waals surface area contributed by atoms with Crippen LogP contribution in [-0.2, 0) is 6.18 Å². The summed E-state index contributed by atoms with van der Waals surface area (Å²) in [5.74, 6) is -2.86. The number of halogens is 3. The Hall–Kier alpha value is -2.44. The van der Waals surface area contributed by atoms with Crippen LogP contribution in [0.2, 0.25) is 0 Å². The molecule has 1 N–H and O–H groups in total. The van der Waals surface area contributed by atoms with Crippen molar-refractivity contribution < 1.29 is 32.2 Å². The number of methoxy groups -OCH3 is 1. The van der Waals surface area contributed by atoms with Gasteiger partial charge in [-0.05, 0) is 30.3 Å². The second-order valence-corrected chi connectivity index (χ2v) is 3.88. The van der Waals surface area contributed by atoms with E-state index in [4.69, 9.17) is 9.84 Å². The first-order valence-corrected chi connectivity index (χ1v) is 5.41. The molecule has 0 saturated heterocycles. The van der Waals surface area contributed by atoms with Crippen molar-refractivity contribution in [3.05, 3.63) is 41.7 Å². The minimum absolute atomic E-state index is 0.169. The number of hydrogen-bond donors (Lipinski definition) is 1. The third-order valence-corrected chi connectivity index (χ3v) is 2.59.